The third-order valence-corrected chi connectivity index (χ3v) is 4.04. The van der Waals surface area contributed by atoms with Gasteiger partial charge in [0.05, 0.1) is 11.8 Å². The summed E-state index contributed by atoms with van der Waals surface area (Å²) in [4.78, 5) is 23.6. The van der Waals surface area contributed by atoms with Gasteiger partial charge in [0, 0.05) is 6.54 Å². The first-order valence-electron chi connectivity index (χ1n) is 7.69. The van der Waals surface area contributed by atoms with E-state index in [1.165, 1.54) is 0 Å². The van der Waals surface area contributed by atoms with Gasteiger partial charge in [0.25, 0.3) is 0 Å². The lowest BCUT2D eigenvalue weighted by Gasteiger charge is -2.18. The van der Waals surface area contributed by atoms with Crippen molar-refractivity contribution in [2.45, 2.75) is 38.5 Å². The summed E-state index contributed by atoms with van der Waals surface area (Å²) in [5, 5.41) is 12.0. The molecule has 0 spiro atoms. The van der Waals surface area contributed by atoms with Gasteiger partial charge >= 0.3 is 5.97 Å². The molecule has 2 atom stereocenters. The Labute approximate surface area is 125 Å². The van der Waals surface area contributed by atoms with Crippen molar-refractivity contribution in [1.29, 1.82) is 0 Å². The van der Waals surface area contributed by atoms with Gasteiger partial charge < -0.3 is 10.4 Å². The summed E-state index contributed by atoms with van der Waals surface area (Å²) in [5.74, 6) is -1.09. The number of nitrogens with one attached hydrogen (secondary N) is 1. The van der Waals surface area contributed by atoms with Gasteiger partial charge in [-0.25, -0.2) is 0 Å². The first-order valence-corrected chi connectivity index (χ1v) is 7.69. The highest BCUT2D eigenvalue weighted by molar-refractivity contribution is 5.85. The largest absolute Gasteiger partial charge is 0.481 e. The van der Waals surface area contributed by atoms with Crippen molar-refractivity contribution in [3.05, 3.63) is 35.9 Å². The molecule has 2 N–H and O–H groups in total. The Morgan fingerprint density at radius 1 is 1.29 bits per heavy atom. The van der Waals surface area contributed by atoms with Crippen molar-refractivity contribution in [3.8, 4) is 0 Å². The zero-order valence-corrected chi connectivity index (χ0v) is 12.4. The summed E-state index contributed by atoms with van der Waals surface area (Å²) in [6, 6.07) is 9.77. The molecule has 2 rings (SSSR count). The van der Waals surface area contributed by atoms with Gasteiger partial charge in [-0.2, -0.15) is 0 Å². The fraction of sp³-hybridized carbons (Fsp3) is 0.529. The Morgan fingerprint density at radius 2 is 1.95 bits per heavy atom. The molecule has 114 valence electrons. The summed E-state index contributed by atoms with van der Waals surface area (Å²) < 4.78 is 0. The predicted molar refractivity (Wildman–Crippen MR) is 81.0 cm³/mol. The Kier molecular flexibility index (Phi) is 5.37. The van der Waals surface area contributed by atoms with Crippen LogP contribution in [0.4, 0.5) is 0 Å². The molecular formula is C17H23NO3. The highest BCUT2D eigenvalue weighted by Gasteiger charge is 2.37. The second-order valence-corrected chi connectivity index (χ2v) is 5.79. The van der Waals surface area contributed by atoms with Crippen LogP contribution in [0.3, 0.4) is 0 Å². The van der Waals surface area contributed by atoms with Crippen LogP contribution in [-0.4, -0.2) is 23.5 Å². The van der Waals surface area contributed by atoms with Gasteiger partial charge in [-0.05, 0) is 30.7 Å². The van der Waals surface area contributed by atoms with Crippen LogP contribution in [-0.2, 0) is 9.59 Å². The van der Waals surface area contributed by atoms with Gasteiger partial charge in [0.2, 0.25) is 5.91 Å². The number of rotatable bonds is 8. The third-order valence-electron chi connectivity index (χ3n) is 4.04. The highest BCUT2D eigenvalue weighted by Crippen LogP contribution is 2.42. The fourth-order valence-corrected chi connectivity index (χ4v) is 2.72. The lowest BCUT2D eigenvalue weighted by Crippen LogP contribution is -2.36. The summed E-state index contributed by atoms with van der Waals surface area (Å²) in [5.41, 5.74) is 1.03. The Hall–Kier alpha value is -1.84. The number of carboxylic acids is 1. The molecule has 0 heterocycles. The van der Waals surface area contributed by atoms with E-state index in [2.05, 4.69) is 5.32 Å². The van der Waals surface area contributed by atoms with Crippen LogP contribution < -0.4 is 5.32 Å². The molecule has 0 aliphatic heterocycles. The normalized spacial score (nSPS) is 17.0. The van der Waals surface area contributed by atoms with Crippen molar-refractivity contribution in [2.75, 3.05) is 6.54 Å². The number of amides is 1. The molecule has 0 aromatic heterocycles. The summed E-state index contributed by atoms with van der Waals surface area (Å²) >= 11 is 0. The van der Waals surface area contributed by atoms with E-state index in [-0.39, 0.29) is 18.4 Å². The van der Waals surface area contributed by atoms with Crippen LogP contribution in [0.15, 0.2) is 30.3 Å². The Bertz CT molecular complexity index is 482. The zero-order chi connectivity index (χ0) is 15.2. The van der Waals surface area contributed by atoms with E-state index in [0.717, 1.165) is 24.8 Å². The number of aliphatic carboxylic acids is 1. The molecule has 1 aliphatic carbocycles. The minimum atomic E-state index is -0.833. The van der Waals surface area contributed by atoms with Gasteiger partial charge in [-0.15, -0.1) is 0 Å². The van der Waals surface area contributed by atoms with Crippen LogP contribution >= 0.6 is 0 Å². The molecular weight excluding hydrogens is 266 g/mol. The standard InChI is InChI=1S/C17H23NO3/c1-2-6-14(17(20)21)11-18-16(19)15(13-9-10-13)12-7-4-3-5-8-12/h3-5,7-8,13-15H,2,6,9-11H2,1H3,(H,18,19)(H,20,21). The van der Waals surface area contributed by atoms with Crippen molar-refractivity contribution >= 4 is 11.9 Å². The van der Waals surface area contributed by atoms with Crippen LogP contribution in [0.2, 0.25) is 0 Å². The minimum Gasteiger partial charge on any atom is -0.481 e. The van der Waals surface area contributed by atoms with Gasteiger partial charge in [-0.3, -0.25) is 9.59 Å². The third kappa shape index (κ3) is 4.31. The second-order valence-electron chi connectivity index (χ2n) is 5.79. The van der Waals surface area contributed by atoms with E-state index in [1.807, 2.05) is 37.3 Å². The number of carboxylic acid groups (broad SMARTS) is 1. The van der Waals surface area contributed by atoms with E-state index in [0.29, 0.717) is 12.3 Å². The SMILES string of the molecule is CCCC(CNC(=O)C(c1ccccc1)C1CC1)C(=O)O. The van der Waals surface area contributed by atoms with Crippen LogP contribution in [0.25, 0.3) is 0 Å². The average molecular weight is 289 g/mol. The van der Waals surface area contributed by atoms with Crippen molar-refractivity contribution < 1.29 is 14.7 Å². The molecule has 0 bridgehead atoms. The minimum absolute atomic E-state index is 0.0361. The van der Waals surface area contributed by atoms with Gasteiger partial charge in [0.15, 0.2) is 0 Å². The van der Waals surface area contributed by atoms with Gasteiger partial charge in [-0.1, -0.05) is 43.7 Å². The van der Waals surface area contributed by atoms with Crippen molar-refractivity contribution in [2.24, 2.45) is 11.8 Å². The average Bonchev–Trinajstić information content (AvgIpc) is 3.29. The van der Waals surface area contributed by atoms with E-state index >= 15 is 0 Å². The number of benzene rings is 1. The fourth-order valence-electron chi connectivity index (χ4n) is 2.72. The maximum absolute atomic E-state index is 12.5. The zero-order valence-electron chi connectivity index (χ0n) is 12.4. The van der Waals surface area contributed by atoms with E-state index < -0.39 is 11.9 Å². The highest BCUT2D eigenvalue weighted by atomic mass is 16.4. The molecule has 1 saturated carbocycles. The molecule has 1 aromatic carbocycles. The molecule has 0 saturated heterocycles. The maximum Gasteiger partial charge on any atom is 0.308 e. The van der Waals surface area contributed by atoms with Crippen molar-refractivity contribution in [1.82, 2.24) is 5.32 Å². The lowest BCUT2D eigenvalue weighted by molar-refractivity contribution is -0.142. The molecule has 1 aliphatic rings. The molecule has 0 radical (unpaired) electrons. The summed E-state index contributed by atoms with van der Waals surface area (Å²) in [7, 11) is 0. The summed E-state index contributed by atoms with van der Waals surface area (Å²) in [6.07, 6.45) is 3.54. The molecule has 1 fully saturated rings. The predicted octanol–water partition coefficient (Wildman–Crippen LogP) is 2.80. The Balaban J connectivity index is 1.98. The van der Waals surface area contributed by atoms with E-state index in [9.17, 15) is 9.59 Å². The molecule has 1 aromatic rings. The van der Waals surface area contributed by atoms with E-state index in [4.69, 9.17) is 5.11 Å². The Morgan fingerprint density at radius 3 is 2.48 bits per heavy atom. The number of hydrogen-bond acceptors (Lipinski definition) is 2. The molecule has 21 heavy (non-hydrogen) atoms. The van der Waals surface area contributed by atoms with Crippen LogP contribution in [0, 0.1) is 11.8 Å². The smallest absolute Gasteiger partial charge is 0.308 e. The summed E-state index contributed by atoms with van der Waals surface area (Å²) in [6.45, 7) is 2.17. The monoisotopic (exact) mass is 289 g/mol. The number of carbonyl (C=O) groups is 2. The number of carbonyl (C=O) groups excluding carboxylic acids is 1. The quantitative estimate of drug-likeness (QED) is 0.773. The molecule has 4 heteroatoms. The topological polar surface area (TPSA) is 66.4 Å². The van der Waals surface area contributed by atoms with Crippen LogP contribution in [0.5, 0.6) is 0 Å². The van der Waals surface area contributed by atoms with Crippen LogP contribution in [0.1, 0.15) is 44.1 Å². The first-order chi connectivity index (χ1) is 10.1. The first kappa shape index (κ1) is 15.5. The van der Waals surface area contributed by atoms with E-state index in [1.54, 1.807) is 0 Å². The lowest BCUT2D eigenvalue weighted by atomic mass is 9.93. The second kappa shape index (κ2) is 7.25. The molecule has 4 nitrogen and oxygen atoms in total. The van der Waals surface area contributed by atoms with Crippen molar-refractivity contribution in [3.63, 3.8) is 0 Å². The van der Waals surface area contributed by atoms with Gasteiger partial charge in [0.1, 0.15) is 0 Å². The molecule has 2 unspecified atom stereocenters. The maximum atomic E-state index is 12.5. The molecule has 1 amide bonds. The number of hydrogen-bond donors (Lipinski definition) is 2.